The van der Waals surface area contributed by atoms with Gasteiger partial charge in [0, 0.05) is 104 Å². The lowest BCUT2D eigenvalue weighted by Crippen LogP contribution is -2.39. The molecule has 32 heteroatoms. The predicted molar refractivity (Wildman–Crippen MR) is 304 cm³/mol. The molecule has 0 aromatic rings. The molecule has 0 aliphatic heterocycles. The van der Waals surface area contributed by atoms with Gasteiger partial charge in [-0.25, -0.2) is 0 Å². The highest BCUT2D eigenvalue weighted by atomic mass is 16.4. The lowest BCUT2D eigenvalue weighted by Gasteiger charge is -2.23. The van der Waals surface area contributed by atoms with Crippen LogP contribution in [0.4, 0.5) is 0 Å². The van der Waals surface area contributed by atoms with Gasteiger partial charge in [-0.1, -0.05) is 0 Å². The summed E-state index contributed by atoms with van der Waals surface area (Å²) >= 11 is 0. The second-order valence-corrected chi connectivity index (χ2v) is 12.0. The fourth-order valence-electron chi connectivity index (χ4n) is 3.31. The Labute approximate surface area is 493 Å². The maximum atomic E-state index is 10.5. The Morgan fingerprint density at radius 2 is 0.354 bits per heavy atom. The Balaban J connectivity index is -0.0000000489. The van der Waals surface area contributed by atoms with Crippen LogP contribution in [0, 0.1) is 96.9 Å². The number of carboxylic acid groups (broad SMARTS) is 8. The van der Waals surface area contributed by atoms with E-state index in [0.29, 0.717) is 26.2 Å². The summed E-state index contributed by atoms with van der Waals surface area (Å²) in [6.07, 6.45) is 0.261. The fraction of sp³-hybridized carbons (Fsp3) is 0.560. The molecule has 0 aromatic carbocycles. The SMILES string of the molecule is O=C(O)CCCN(CC(=O)O)CC(=O)O.O=C(O)CCCN(CC(=O)O)CC(=O)O.[CH2]CN(CCN(C[CH2])CC(=O)O)CC(=O)O.[CH2]C[N].[CH2]C[N].[CH2]C[N].[CH2]C[N].[CH2]C[N].[CH2]C[N].[CH2]C[N].[CH2]C[N].[CH2]C[N].[CH2]C[N].[CH2]C[N].[CH2]C[N]. The van der Waals surface area contributed by atoms with Gasteiger partial charge in [-0.2, -0.15) is 0 Å². The third kappa shape index (κ3) is 256. The van der Waals surface area contributed by atoms with E-state index in [9.17, 15) is 38.4 Å². The summed E-state index contributed by atoms with van der Waals surface area (Å²) in [7, 11) is 0. The molecule has 0 aliphatic carbocycles. The number of carboxylic acids is 8. The number of hydrogen-bond donors (Lipinski definition) is 8. The van der Waals surface area contributed by atoms with Crippen LogP contribution in [0.1, 0.15) is 25.7 Å². The van der Waals surface area contributed by atoms with E-state index in [4.69, 9.17) is 110 Å². The van der Waals surface area contributed by atoms with E-state index < -0.39 is 73.9 Å². The molecule has 0 bridgehead atoms. The third-order valence-corrected chi connectivity index (χ3v) is 5.25. The van der Waals surface area contributed by atoms with Gasteiger partial charge in [0.1, 0.15) is 0 Å². The van der Waals surface area contributed by atoms with E-state index in [2.05, 4.69) is 96.9 Å². The van der Waals surface area contributed by atoms with Crippen LogP contribution in [0.15, 0.2) is 0 Å². The lowest BCUT2D eigenvalue weighted by atomic mass is 10.3. The Kier molecular flexibility index (Phi) is 174. The van der Waals surface area contributed by atoms with Gasteiger partial charge in [0.05, 0.1) is 39.3 Å². The molecule has 38 radical (unpaired) electrons. The van der Waals surface area contributed by atoms with Crippen LogP contribution in [0.3, 0.4) is 0 Å². The van der Waals surface area contributed by atoms with Crippen LogP contribution >= 0.6 is 0 Å². The molecule has 82 heavy (non-hydrogen) atoms. The van der Waals surface area contributed by atoms with Crippen LogP contribution in [-0.2, 0) is 38.4 Å². The monoisotopic (exact) mass is 1170 g/mol. The van der Waals surface area contributed by atoms with Gasteiger partial charge >= 0.3 is 47.8 Å². The van der Waals surface area contributed by atoms with Crippen molar-refractivity contribution in [2.24, 2.45) is 0 Å². The average molecular weight is 1170 g/mol. The van der Waals surface area contributed by atoms with Crippen molar-refractivity contribution in [3.63, 3.8) is 0 Å². The number of rotatable bonds is 25. The second-order valence-electron chi connectivity index (χ2n) is 12.0. The van der Waals surface area contributed by atoms with Crippen molar-refractivity contribution in [3.8, 4) is 0 Å². The molecule has 32 nitrogen and oxygen atoms in total. The summed E-state index contributed by atoms with van der Waals surface area (Å²) in [4.78, 5) is 88.3. The van der Waals surface area contributed by atoms with Crippen molar-refractivity contribution in [1.82, 2.24) is 88.4 Å². The van der Waals surface area contributed by atoms with Gasteiger partial charge in [0.2, 0.25) is 0 Å². The van der Waals surface area contributed by atoms with Crippen LogP contribution in [0.25, 0.3) is 0 Å². The minimum absolute atomic E-state index is 0. The highest BCUT2D eigenvalue weighted by molar-refractivity contribution is 5.73. The molecule has 0 heterocycles. The summed E-state index contributed by atoms with van der Waals surface area (Å²) in [6.45, 7) is 44.0. The molecule has 0 aromatic heterocycles. The highest BCUT2D eigenvalue weighted by Crippen LogP contribution is 1.97. The van der Waals surface area contributed by atoms with Crippen LogP contribution in [-0.4, -0.2) is 265 Å². The van der Waals surface area contributed by atoms with Crippen LogP contribution in [0.2, 0.25) is 0 Å². The van der Waals surface area contributed by atoms with E-state index in [1.165, 1.54) is 9.80 Å². The quantitative estimate of drug-likeness (QED) is 0.0445. The molecular weight excluding hydrogens is 1080 g/mol. The zero-order valence-electron chi connectivity index (χ0n) is 47.7. The first kappa shape index (κ1) is 116. The van der Waals surface area contributed by atoms with Gasteiger partial charge in [0.25, 0.3) is 0 Å². The van der Waals surface area contributed by atoms with Crippen molar-refractivity contribution in [2.75, 3.05) is 157 Å². The first-order valence-electron chi connectivity index (χ1n) is 23.3. The lowest BCUT2D eigenvalue weighted by molar-refractivity contribution is -0.144. The Morgan fingerprint density at radius 3 is 0.451 bits per heavy atom. The molecule has 0 saturated carbocycles. The molecule has 0 unspecified atom stereocenters. The predicted octanol–water partition coefficient (Wildman–Crippen LogP) is -3.26. The van der Waals surface area contributed by atoms with Crippen molar-refractivity contribution in [2.45, 2.75) is 25.7 Å². The third-order valence-electron chi connectivity index (χ3n) is 5.25. The average Bonchev–Trinajstić information content (AvgIpc) is 3.32. The highest BCUT2D eigenvalue weighted by Gasteiger charge is 2.15. The largest absolute Gasteiger partial charge is 0.481 e. The smallest absolute Gasteiger partial charge is 0.317 e. The number of hydrogen-bond acceptors (Lipinski definition) is 12. The first-order valence-corrected chi connectivity index (χ1v) is 23.3. The van der Waals surface area contributed by atoms with Gasteiger partial charge < -0.3 is 40.9 Å². The molecule has 0 saturated heterocycles. The van der Waals surface area contributed by atoms with Gasteiger partial charge in [-0.05, 0) is 136 Å². The maximum absolute atomic E-state index is 10.5. The normalized spacial score (nSPS) is 8.51. The summed E-state index contributed by atoms with van der Waals surface area (Å²) < 4.78 is 0. The minimum atomic E-state index is -1.13. The summed E-state index contributed by atoms with van der Waals surface area (Å²) in [5.74, 6) is -8.33. The number of nitrogens with zero attached hydrogens (tertiary/aromatic N) is 16. The van der Waals surface area contributed by atoms with E-state index in [1.807, 2.05) is 0 Å². The zero-order chi connectivity index (χ0) is 68.7. The van der Waals surface area contributed by atoms with Crippen LogP contribution < -0.4 is 68.8 Å². The van der Waals surface area contributed by atoms with Gasteiger partial charge in [-0.15, -0.1) is 68.8 Å². The molecule has 0 aliphatic rings. The summed E-state index contributed by atoms with van der Waals surface area (Å²) in [6, 6.07) is 0. The van der Waals surface area contributed by atoms with Gasteiger partial charge in [-0.3, -0.25) is 58.0 Å². The standard InChI is InChI=1S/C10H18N2O4.2C8H13NO6.12C2H4N/c1-3-11(7-9(13)14)5-6-12(4-2)8-10(15)16;2*10-6(11)2-1-3-9(4-7(12)13)5-8(14)15;12*1-2-3/h1-8H2,(H,13,14)(H,15,16);2*1-5H2,(H,10,11)(H,12,13)(H,14,15);12*1-2H2. The van der Waals surface area contributed by atoms with Crippen molar-refractivity contribution in [1.29, 1.82) is 0 Å². The number of carbonyl (C=O) groups is 8. The van der Waals surface area contributed by atoms with E-state index in [-0.39, 0.29) is 130 Å². The molecule has 0 rings (SSSR count). The number of aliphatic carboxylic acids is 8. The van der Waals surface area contributed by atoms with E-state index in [1.54, 1.807) is 9.80 Å². The topological polar surface area (TPSA) is 579 Å². The molecule has 8 N–H and O–H groups in total. The molecule has 468 valence electrons. The van der Waals surface area contributed by atoms with Crippen molar-refractivity contribution in [3.05, 3.63) is 96.9 Å². The minimum Gasteiger partial charge on any atom is -0.481 e. The second kappa shape index (κ2) is 123. The first-order chi connectivity index (χ1) is 38.3. The molecule has 0 fully saturated rings. The molecule has 0 amide bonds. The van der Waals surface area contributed by atoms with Crippen molar-refractivity contribution >= 4 is 47.8 Å². The van der Waals surface area contributed by atoms with Crippen LogP contribution in [0.5, 0.6) is 0 Å². The van der Waals surface area contributed by atoms with Gasteiger partial charge in [0.15, 0.2) is 0 Å². The van der Waals surface area contributed by atoms with E-state index >= 15 is 0 Å². The maximum Gasteiger partial charge on any atom is 0.317 e. The summed E-state index contributed by atoms with van der Waals surface area (Å²) in [5.41, 5.74) is 89.5. The zero-order valence-corrected chi connectivity index (χ0v) is 47.7. The van der Waals surface area contributed by atoms with Crippen molar-refractivity contribution < 1.29 is 79.2 Å². The Hall–Kier alpha value is -4.88. The molecule has 0 atom stereocenters. The molecular formula is C50H92N16O16. The van der Waals surface area contributed by atoms with E-state index in [0.717, 1.165) is 0 Å². The fourth-order valence-corrected chi connectivity index (χ4v) is 3.31. The Morgan fingerprint density at radius 1 is 0.232 bits per heavy atom. The Bertz CT molecular complexity index is 1060. The summed E-state index contributed by atoms with van der Waals surface area (Å²) in [5, 5.41) is 67.7. The molecule has 0 spiro atoms.